The van der Waals surface area contributed by atoms with Gasteiger partial charge in [0.1, 0.15) is 34.6 Å². The van der Waals surface area contributed by atoms with Crippen LogP contribution < -0.4 is 24.3 Å². The molecular weight excluding hydrogens is 795 g/mol. The Morgan fingerprint density at radius 2 is 1.74 bits per heavy atom. The Morgan fingerprint density at radius 1 is 1.00 bits per heavy atom. The van der Waals surface area contributed by atoms with E-state index in [1.54, 1.807) is 54.5 Å². The Hall–Kier alpha value is -5.05. The molecule has 14 heteroatoms. The van der Waals surface area contributed by atoms with Crippen LogP contribution >= 0.6 is 0 Å². The third kappa shape index (κ3) is 11.3. The maximum Gasteiger partial charge on any atom is 0.417 e. The van der Waals surface area contributed by atoms with Crippen molar-refractivity contribution in [2.24, 2.45) is 22.9 Å². The van der Waals surface area contributed by atoms with E-state index in [0.29, 0.717) is 60.9 Å². The molecule has 0 saturated heterocycles. The van der Waals surface area contributed by atoms with Crippen LogP contribution in [0, 0.1) is 17.8 Å². The third-order valence-electron chi connectivity index (χ3n) is 11.6. The normalized spacial score (nSPS) is 23.1. The molecule has 0 spiro atoms. The van der Waals surface area contributed by atoms with Crippen molar-refractivity contribution >= 4 is 23.6 Å². The standard InChI is InChI=1S/C48H67N3O11/c1-9-12-27-58-46(55)51(23-10-2)42-31-39(50-62-47(4,5)6)36-28-32(17-13-15-24-52)35(18-14-16-25-53)43-37-29-34(20-22-40(37)61-48(42,44(36)43)59-26-11-3)60-45(54)49-38-21-19-33(56-7)30-41(38)57-8/h9,11,19-22,28-30,32,35,42-44,52-53H,1,3,10,12-18,23-27,31H2,2,4-8H3,(H,49,54). The summed E-state index contributed by atoms with van der Waals surface area (Å²) in [6.45, 7) is 16.4. The molecule has 0 radical (unpaired) electrons. The second kappa shape index (κ2) is 22.3. The number of unbranched alkanes of at least 4 members (excludes halogenated alkanes) is 2. The van der Waals surface area contributed by atoms with Crippen molar-refractivity contribution < 1.29 is 53.1 Å². The molecule has 2 aromatic rings. The highest BCUT2D eigenvalue weighted by Gasteiger charge is 2.65. The van der Waals surface area contributed by atoms with Crippen LogP contribution in [0.2, 0.25) is 0 Å². The molecule has 0 bridgehead atoms. The molecule has 6 atom stereocenters. The Labute approximate surface area is 366 Å². The van der Waals surface area contributed by atoms with Gasteiger partial charge in [0.15, 0.2) is 0 Å². The molecule has 1 saturated carbocycles. The first kappa shape index (κ1) is 48.0. The average molecular weight is 862 g/mol. The van der Waals surface area contributed by atoms with Gasteiger partial charge in [-0.2, -0.15) is 0 Å². The number of nitrogens with one attached hydrogen (secondary N) is 1. The van der Waals surface area contributed by atoms with Gasteiger partial charge in [0.05, 0.1) is 44.8 Å². The minimum atomic E-state index is -1.46. The number of oxime groups is 1. The minimum absolute atomic E-state index is 0.0157. The molecule has 340 valence electrons. The number of benzene rings is 2. The average Bonchev–Trinajstić information content (AvgIpc) is 3.25. The number of ether oxygens (including phenoxy) is 6. The molecule has 62 heavy (non-hydrogen) atoms. The number of aliphatic hydroxyl groups excluding tert-OH is 2. The van der Waals surface area contributed by atoms with Gasteiger partial charge in [0.25, 0.3) is 0 Å². The molecule has 2 aromatic carbocycles. The molecule has 2 aliphatic carbocycles. The fourth-order valence-corrected chi connectivity index (χ4v) is 8.98. The number of carbonyl (C=O) groups excluding carboxylic acids is 2. The lowest BCUT2D eigenvalue weighted by molar-refractivity contribution is -0.255. The van der Waals surface area contributed by atoms with E-state index in [1.165, 1.54) is 7.11 Å². The molecule has 3 N–H and O–H groups in total. The number of methoxy groups -OCH3 is 2. The van der Waals surface area contributed by atoms with Gasteiger partial charge in [-0.15, -0.1) is 13.2 Å². The van der Waals surface area contributed by atoms with Gasteiger partial charge in [-0.3, -0.25) is 10.2 Å². The maximum absolute atomic E-state index is 14.2. The highest BCUT2D eigenvalue weighted by Crippen LogP contribution is 2.62. The predicted molar refractivity (Wildman–Crippen MR) is 238 cm³/mol. The zero-order chi connectivity index (χ0) is 44.9. The summed E-state index contributed by atoms with van der Waals surface area (Å²) >= 11 is 0. The van der Waals surface area contributed by atoms with Crippen LogP contribution in [0.3, 0.4) is 0 Å². The highest BCUT2D eigenvalue weighted by atomic mass is 16.7. The smallest absolute Gasteiger partial charge is 0.417 e. The first-order valence-electron chi connectivity index (χ1n) is 21.9. The van der Waals surface area contributed by atoms with Crippen molar-refractivity contribution in [3.63, 3.8) is 0 Å². The molecule has 3 aliphatic rings. The number of carbonyl (C=O) groups is 2. The number of nitrogens with zero attached hydrogens (tertiary/aromatic N) is 2. The SMILES string of the molecule is C=CCCOC(=O)N(CCC)C1CC(=NOC(C)(C)C)C2=CC(CCCCO)C(CCCCO)C3c4cc(OC(=O)Nc5ccc(OC)cc5OC)ccc4OC1(OCC=C)C23. The second-order valence-corrected chi connectivity index (χ2v) is 16.9. The van der Waals surface area contributed by atoms with Crippen LogP contribution in [0.15, 0.2) is 78.5 Å². The topological polar surface area (TPSA) is 167 Å². The number of hydrogen-bond acceptors (Lipinski definition) is 12. The van der Waals surface area contributed by atoms with Crippen molar-refractivity contribution in [1.29, 1.82) is 0 Å². The van der Waals surface area contributed by atoms with Gasteiger partial charge in [0.2, 0.25) is 5.79 Å². The fraction of sp³-hybridized carbons (Fsp3) is 0.562. The van der Waals surface area contributed by atoms with Crippen LogP contribution in [0.5, 0.6) is 23.0 Å². The first-order valence-corrected chi connectivity index (χ1v) is 21.9. The van der Waals surface area contributed by atoms with E-state index in [9.17, 15) is 19.8 Å². The molecule has 6 unspecified atom stereocenters. The van der Waals surface area contributed by atoms with Crippen molar-refractivity contribution in [3.05, 3.63) is 78.9 Å². The molecule has 1 heterocycles. The summed E-state index contributed by atoms with van der Waals surface area (Å²) in [4.78, 5) is 35.7. The highest BCUT2D eigenvalue weighted by molar-refractivity contribution is 6.03. The van der Waals surface area contributed by atoms with E-state index in [-0.39, 0.29) is 56.4 Å². The van der Waals surface area contributed by atoms with Crippen LogP contribution in [0.1, 0.15) is 97.0 Å². The summed E-state index contributed by atoms with van der Waals surface area (Å²) in [6, 6.07) is 9.64. The molecular formula is C48H67N3O11. The Bertz CT molecular complexity index is 1910. The van der Waals surface area contributed by atoms with Crippen LogP contribution in [0.4, 0.5) is 15.3 Å². The number of anilines is 1. The predicted octanol–water partition coefficient (Wildman–Crippen LogP) is 9.17. The van der Waals surface area contributed by atoms with Gasteiger partial charge in [-0.05, 0) is 107 Å². The lowest BCUT2D eigenvalue weighted by atomic mass is 9.55. The van der Waals surface area contributed by atoms with Gasteiger partial charge in [-0.25, -0.2) is 9.59 Å². The number of allylic oxidation sites excluding steroid dienone is 1. The number of hydrogen-bond donors (Lipinski definition) is 3. The van der Waals surface area contributed by atoms with Crippen molar-refractivity contribution in [1.82, 2.24) is 4.90 Å². The summed E-state index contributed by atoms with van der Waals surface area (Å²) in [5, 5.41) is 27.5. The van der Waals surface area contributed by atoms with E-state index in [2.05, 4.69) is 24.6 Å². The molecule has 1 fully saturated rings. The van der Waals surface area contributed by atoms with Crippen LogP contribution in [-0.2, 0) is 14.3 Å². The van der Waals surface area contributed by atoms with Gasteiger partial charge in [0, 0.05) is 43.7 Å². The summed E-state index contributed by atoms with van der Waals surface area (Å²) in [5.41, 5.74) is 2.15. The lowest BCUT2D eigenvalue weighted by Gasteiger charge is -2.60. The van der Waals surface area contributed by atoms with E-state index < -0.39 is 35.5 Å². The van der Waals surface area contributed by atoms with E-state index in [1.807, 2.05) is 33.8 Å². The number of amides is 2. The van der Waals surface area contributed by atoms with Crippen molar-refractivity contribution in [2.45, 2.75) is 109 Å². The van der Waals surface area contributed by atoms with E-state index in [0.717, 1.165) is 36.8 Å². The van der Waals surface area contributed by atoms with Crippen LogP contribution in [0.25, 0.3) is 0 Å². The monoisotopic (exact) mass is 861 g/mol. The summed E-state index contributed by atoms with van der Waals surface area (Å²) in [5.74, 6) is -0.559. The summed E-state index contributed by atoms with van der Waals surface area (Å²) in [6.07, 6.45) is 10.1. The molecule has 1 aliphatic heterocycles. The van der Waals surface area contributed by atoms with Gasteiger partial charge < -0.3 is 43.5 Å². The van der Waals surface area contributed by atoms with Crippen LogP contribution in [-0.4, -0.2) is 97.6 Å². The van der Waals surface area contributed by atoms with Crippen molar-refractivity contribution in [3.8, 4) is 23.0 Å². The molecule has 5 rings (SSSR count). The second-order valence-electron chi connectivity index (χ2n) is 16.9. The Balaban J connectivity index is 1.73. The van der Waals surface area contributed by atoms with E-state index >= 15 is 0 Å². The molecule has 0 aromatic heterocycles. The Morgan fingerprint density at radius 3 is 2.40 bits per heavy atom. The lowest BCUT2D eigenvalue weighted by Crippen LogP contribution is -2.70. The van der Waals surface area contributed by atoms with Gasteiger partial charge in [-0.1, -0.05) is 43.1 Å². The fourth-order valence-electron chi connectivity index (χ4n) is 8.98. The summed E-state index contributed by atoms with van der Waals surface area (Å²) in [7, 11) is 3.05. The zero-order valence-electron chi connectivity index (χ0n) is 37.4. The molecule has 2 amide bonds. The maximum atomic E-state index is 14.2. The minimum Gasteiger partial charge on any atom is -0.497 e. The number of rotatable bonds is 22. The summed E-state index contributed by atoms with van der Waals surface area (Å²) < 4.78 is 36.9. The third-order valence-corrected chi connectivity index (χ3v) is 11.6. The Kier molecular flexibility index (Phi) is 17.3. The number of fused-ring (bicyclic) bond motifs is 2. The quantitative estimate of drug-likeness (QED) is 0.0587. The first-order chi connectivity index (χ1) is 29.9. The molecule has 14 nitrogen and oxygen atoms in total. The zero-order valence-corrected chi connectivity index (χ0v) is 37.4. The van der Waals surface area contributed by atoms with E-state index in [4.69, 9.17) is 38.4 Å². The van der Waals surface area contributed by atoms with Gasteiger partial charge >= 0.3 is 12.2 Å². The number of aliphatic hydroxyl groups is 2. The largest absolute Gasteiger partial charge is 0.497 e. The van der Waals surface area contributed by atoms with Crippen molar-refractivity contribution in [2.75, 3.05) is 52.5 Å².